The average molecular weight is 907 g/mol. The van der Waals surface area contributed by atoms with Crippen LogP contribution in [0.4, 0.5) is 17.3 Å². The maximum absolute atomic E-state index is 9.75. The molecule has 376 valence electrons. The molecule has 0 aliphatic carbocycles. The van der Waals surface area contributed by atoms with E-state index in [0.717, 1.165) is 22.6 Å². The van der Waals surface area contributed by atoms with E-state index in [1.807, 2.05) is 0 Å². The lowest BCUT2D eigenvalue weighted by Crippen LogP contribution is -2.40. The highest BCUT2D eigenvalue weighted by atomic mass is 31.2. The van der Waals surface area contributed by atoms with Gasteiger partial charge in [0.05, 0.1) is 22.6 Å². The van der Waals surface area contributed by atoms with Crippen molar-refractivity contribution >= 4 is 14.5 Å². The van der Waals surface area contributed by atoms with Crippen LogP contribution in [0.1, 0.15) is 338 Å². The normalized spacial score (nSPS) is 14.9. The first-order valence-electron chi connectivity index (χ1n) is 28.8. The molecule has 0 heterocycles. The molecule has 0 rings (SSSR count). The van der Waals surface area contributed by atoms with Gasteiger partial charge in [0.1, 0.15) is 0 Å². The smallest absolute Gasteiger partial charge is 0.418 e. The zero-order chi connectivity index (χ0) is 46.4. The Hall–Kier alpha value is 0.215. The second kappa shape index (κ2) is 47.7. The molecule has 0 saturated heterocycles. The Morgan fingerprint density at radius 1 is 0.226 bits per heavy atom. The summed E-state index contributed by atoms with van der Waals surface area (Å²) in [4.78, 5) is 0. The van der Waals surface area contributed by atoms with Gasteiger partial charge in [-0.1, -0.05) is 235 Å². The van der Waals surface area contributed by atoms with Crippen molar-refractivity contribution < 1.29 is 17.3 Å². The third-order valence-electron chi connectivity index (χ3n) is 14.7. The van der Waals surface area contributed by atoms with Gasteiger partial charge in [0.2, 0.25) is 0 Å². The summed E-state index contributed by atoms with van der Waals surface area (Å²) in [7, 11) is -7.35. The van der Waals surface area contributed by atoms with E-state index in [0.29, 0.717) is 0 Å². The van der Waals surface area contributed by atoms with Crippen molar-refractivity contribution in [2.24, 2.45) is 0 Å². The van der Waals surface area contributed by atoms with Crippen LogP contribution in [-0.2, 0) is 0 Å². The van der Waals surface area contributed by atoms with Crippen molar-refractivity contribution in [3.8, 4) is 0 Å². The Balaban J connectivity index is 0. The molecular weight excluding hydrogens is 790 g/mol. The number of hydrogen-bond donors (Lipinski definition) is 0. The predicted octanol–water partition coefficient (Wildman–Crippen LogP) is 23.1. The molecule has 0 bridgehead atoms. The van der Waals surface area contributed by atoms with Crippen LogP contribution in [0.25, 0.3) is 0 Å². The van der Waals surface area contributed by atoms with Crippen molar-refractivity contribution in [1.29, 1.82) is 0 Å². The van der Waals surface area contributed by atoms with Crippen molar-refractivity contribution in [1.82, 2.24) is 0 Å². The van der Waals surface area contributed by atoms with Gasteiger partial charge in [0.25, 0.3) is 0 Å². The fourth-order valence-corrected chi connectivity index (χ4v) is 19.9. The van der Waals surface area contributed by atoms with Crippen molar-refractivity contribution in [2.45, 2.75) is 361 Å². The molecule has 0 saturated carbocycles. The second-order valence-electron chi connectivity index (χ2n) is 20.2. The second-order valence-corrected chi connectivity index (χ2v) is 24.9. The Morgan fingerprint density at radius 3 is 0.468 bits per heavy atom. The van der Waals surface area contributed by atoms with Gasteiger partial charge >= 0.3 is 7.25 Å². The molecular formula is C56H116BF4P. The number of halogens is 4. The summed E-state index contributed by atoms with van der Waals surface area (Å²) in [6.07, 6.45) is 65.8. The molecule has 0 aromatic heterocycles. The van der Waals surface area contributed by atoms with E-state index in [9.17, 15) is 17.3 Å². The SMILES string of the molecule is CCCCCCCC(CCCCCC)[P+](C(CCCCCC)CCCCCCC)(C(CCCCCC)CCCCCCC)C(CCCCCC)CCCCCCC.F[B-](F)(F)F. The molecule has 4 atom stereocenters. The summed E-state index contributed by atoms with van der Waals surface area (Å²) >= 11 is 0. The fourth-order valence-electron chi connectivity index (χ4n) is 11.3. The predicted molar refractivity (Wildman–Crippen MR) is 281 cm³/mol. The lowest BCUT2D eigenvalue weighted by atomic mass is 10.0. The van der Waals surface area contributed by atoms with Gasteiger partial charge in [-0.05, 0) is 103 Å². The van der Waals surface area contributed by atoms with E-state index >= 15 is 0 Å². The summed E-state index contributed by atoms with van der Waals surface area (Å²) < 4.78 is 39.0. The van der Waals surface area contributed by atoms with E-state index in [1.165, 1.54) is 231 Å². The van der Waals surface area contributed by atoms with Crippen LogP contribution in [0, 0.1) is 0 Å². The van der Waals surface area contributed by atoms with Crippen molar-refractivity contribution in [3.05, 3.63) is 0 Å². The molecule has 4 unspecified atom stereocenters. The highest BCUT2D eigenvalue weighted by Gasteiger charge is 2.59. The van der Waals surface area contributed by atoms with E-state index in [-0.39, 0.29) is 0 Å². The number of unbranched alkanes of at least 4 members (excludes halogenated alkanes) is 28. The van der Waals surface area contributed by atoms with Gasteiger partial charge in [-0.15, -0.1) is 0 Å². The Labute approximate surface area is 390 Å². The largest absolute Gasteiger partial charge is 0.673 e. The van der Waals surface area contributed by atoms with Crippen LogP contribution in [-0.4, -0.2) is 29.9 Å². The first-order chi connectivity index (χ1) is 30.1. The lowest BCUT2D eigenvalue weighted by Gasteiger charge is -2.51. The maximum Gasteiger partial charge on any atom is 0.673 e. The zero-order valence-corrected chi connectivity index (χ0v) is 44.9. The van der Waals surface area contributed by atoms with E-state index in [4.69, 9.17) is 0 Å². The van der Waals surface area contributed by atoms with Crippen LogP contribution in [0.3, 0.4) is 0 Å². The molecule has 0 nitrogen and oxygen atoms in total. The molecule has 0 aliphatic rings. The molecule has 0 fully saturated rings. The van der Waals surface area contributed by atoms with E-state index < -0.39 is 14.5 Å². The van der Waals surface area contributed by atoms with Crippen LogP contribution in [0.15, 0.2) is 0 Å². The van der Waals surface area contributed by atoms with Crippen LogP contribution in [0.2, 0.25) is 0 Å². The molecule has 0 aromatic rings. The topological polar surface area (TPSA) is 0 Å². The molecule has 0 aliphatic heterocycles. The van der Waals surface area contributed by atoms with Gasteiger partial charge < -0.3 is 17.3 Å². The molecule has 6 heteroatoms. The summed E-state index contributed by atoms with van der Waals surface area (Å²) in [5.74, 6) is 0. The van der Waals surface area contributed by atoms with Crippen LogP contribution >= 0.6 is 7.26 Å². The summed E-state index contributed by atoms with van der Waals surface area (Å²) in [6, 6.07) is 0. The summed E-state index contributed by atoms with van der Waals surface area (Å²) in [6.45, 7) is 19.5. The van der Waals surface area contributed by atoms with E-state index in [2.05, 4.69) is 55.4 Å². The quantitative estimate of drug-likeness (QED) is 0.0247. The molecule has 0 spiro atoms. The standard InChI is InChI=1S/C56H116P.BF4/c1-9-17-25-33-41-49-53(45-37-29-21-13-5)57(54(46-38-30-22-14-6)50-42-34-26-18-10-2,55(47-39-31-23-15-7)51-43-35-27-19-11-3)56(48-40-32-24-16-8)52-44-36-28-20-12-4;2-1(3,4)5/h53-56H,9-52H2,1-8H3;/q+1;-1. The van der Waals surface area contributed by atoms with Gasteiger partial charge in [0.15, 0.2) is 0 Å². The maximum atomic E-state index is 9.75. The number of rotatable bonds is 48. The van der Waals surface area contributed by atoms with Gasteiger partial charge in [-0.25, -0.2) is 0 Å². The van der Waals surface area contributed by atoms with Gasteiger partial charge in [0, 0.05) is 7.26 Å². The third-order valence-corrected chi connectivity index (χ3v) is 21.8. The third kappa shape index (κ3) is 36.3. The summed E-state index contributed by atoms with van der Waals surface area (Å²) in [5.41, 5.74) is 4.23. The minimum Gasteiger partial charge on any atom is -0.418 e. The minimum absolute atomic E-state index is 1.06. The Bertz CT molecular complexity index is 721. The van der Waals surface area contributed by atoms with Gasteiger partial charge in [-0.2, -0.15) is 0 Å². The molecule has 0 N–H and O–H groups in total. The highest BCUT2D eigenvalue weighted by Crippen LogP contribution is 2.80. The lowest BCUT2D eigenvalue weighted by molar-refractivity contribution is 0.368. The van der Waals surface area contributed by atoms with Crippen LogP contribution in [0.5, 0.6) is 0 Å². The van der Waals surface area contributed by atoms with Gasteiger partial charge in [-0.3, -0.25) is 0 Å². The summed E-state index contributed by atoms with van der Waals surface area (Å²) in [5, 5.41) is 0. The first-order valence-corrected chi connectivity index (χ1v) is 30.9. The molecule has 62 heavy (non-hydrogen) atoms. The van der Waals surface area contributed by atoms with E-state index in [1.54, 1.807) is 51.4 Å². The Morgan fingerprint density at radius 2 is 0.339 bits per heavy atom. The van der Waals surface area contributed by atoms with Crippen molar-refractivity contribution in [2.75, 3.05) is 0 Å². The monoisotopic (exact) mass is 907 g/mol. The fraction of sp³-hybridized carbons (Fsp3) is 1.00. The highest BCUT2D eigenvalue weighted by molar-refractivity contribution is 7.78. The van der Waals surface area contributed by atoms with Crippen LogP contribution < -0.4 is 0 Å². The molecule has 0 radical (unpaired) electrons. The molecule has 0 aromatic carbocycles. The number of hydrogen-bond acceptors (Lipinski definition) is 0. The minimum atomic E-state index is -6.00. The average Bonchev–Trinajstić information content (AvgIpc) is 3.24. The molecule has 0 amide bonds. The first kappa shape index (κ1) is 64.3. The zero-order valence-electron chi connectivity index (χ0n) is 44.0. The van der Waals surface area contributed by atoms with Crippen molar-refractivity contribution in [3.63, 3.8) is 0 Å². The Kier molecular flexibility index (Phi) is 49.5.